The Bertz CT molecular complexity index is 1240. The second-order valence-corrected chi connectivity index (χ2v) is 7.48. The van der Waals surface area contributed by atoms with E-state index in [0.29, 0.717) is 15.8 Å². The van der Waals surface area contributed by atoms with Gasteiger partial charge in [-0.05, 0) is 55.5 Å². The highest BCUT2D eigenvalue weighted by molar-refractivity contribution is 7.71. The number of benzene rings is 2. The van der Waals surface area contributed by atoms with Gasteiger partial charge in [0.15, 0.2) is 16.1 Å². The van der Waals surface area contributed by atoms with Crippen molar-refractivity contribution in [2.24, 2.45) is 7.05 Å². The Labute approximate surface area is 187 Å². The predicted molar refractivity (Wildman–Crippen MR) is 119 cm³/mol. The number of nitrogens with zero attached hydrogens (tertiary/aromatic N) is 2. The molecule has 0 saturated heterocycles. The largest absolute Gasteiger partial charge is 0.494 e. The Morgan fingerprint density at radius 2 is 1.80 bits per heavy atom. The highest BCUT2D eigenvalue weighted by atomic mass is 35.5. The van der Waals surface area contributed by atoms with Crippen molar-refractivity contribution in [1.82, 2.24) is 9.13 Å². The molecule has 0 fully saturated rings. The van der Waals surface area contributed by atoms with Gasteiger partial charge in [0.05, 0.1) is 5.69 Å². The fourth-order valence-corrected chi connectivity index (χ4v) is 3.32. The smallest absolute Gasteiger partial charge is 0.271 e. The van der Waals surface area contributed by atoms with Gasteiger partial charge in [-0.15, -0.1) is 0 Å². The normalized spacial score (nSPS) is 10.7. The first-order valence-electron chi connectivity index (χ1n) is 8.80. The van der Waals surface area contributed by atoms with E-state index in [2.05, 4.69) is 5.32 Å². The summed E-state index contributed by atoms with van der Waals surface area (Å²) in [5, 5.41) is 13.9. The van der Waals surface area contributed by atoms with Crippen molar-refractivity contribution in [3.05, 3.63) is 73.2 Å². The molecule has 0 atom stereocenters. The maximum atomic E-state index is 12.9. The summed E-state index contributed by atoms with van der Waals surface area (Å²) in [6, 6.07) is 11.2. The molecule has 0 unspecified atom stereocenters. The molecule has 0 aliphatic rings. The van der Waals surface area contributed by atoms with E-state index in [1.165, 1.54) is 28.3 Å². The zero-order chi connectivity index (χ0) is 22.0. The molecule has 0 aliphatic carbocycles. The lowest BCUT2D eigenvalue weighted by molar-refractivity contribution is 0.102. The van der Waals surface area contributed by atoms with E-state index < -0.39 is 22.9 Å². The van der Waals surface area contributed by atoms with Crippen LogP contribution in [-0.4, -0.2) is 20.1 Å². The van der Waals surface area contributed by atoms with E-state index in [-0.39, 0.29) is 22.8 Å². The number of nitrogens with one attached hydrogen (secondary N) is 1. The van der Waals surface area contributed by atoms with E-state index >= 15 is 0 Å². The molecule has 0 radical (unpaired) electrons. The van der Waals surface area contributed by atoms with E-state index in [4.69, 9.17) is 40.2 Å². The Kier molecular flexibility index (Phi) is 6.50. The van der Waals surface area contributed by atoms with Crippen LogP contribution in [-0.2, 0) is 13.6 Å². The van der Waals surface area contributed by atoms with Crippen LogP contribution < -0.4 is 15.6 Å². The summed E-state index contributed by atoms with van der Waals surface area (Å²) in [5.74, 6) is -0.622. The molecule has 1 aromatic heterocycles. The van der Waals surface area contributed by atoms with Gasteiger partial charge in [0.1, 0.15) is 5.75 Å². The molecule has 0 saturated carbocycles. The van der Waals surface area contributed by atoms with Crippen molar-refractivity contribution in [2.75, 3.05) is 5.32 Å². The third-order valence-electron chi connectivity index (χ3n) is 4.29. The Morgan fingerprint density at radius 3 is 2.43 bits per heavy atom. The fraction of sp³-hybridized carbons (Fsp3) is 0.150. The molecule has 10 heteroatoms. The van der Waals surface area contributed by atoms with Crippen molar-refractivity contribution in [3.63, 3.8) is 0 Å². The van der Waals surface area contributed by atoms with E-state index in [1.807, 2.05) is 0 Å². The number of carbonyl (C=O) groups is 1. The fourth-order valence-electron chi connectivity index (χ4n) is 2.73. The number of rotatable bonds is 5. The van der Waals surface area contributed by atoms with Crippen molar-refractivity contribution in [2.45, 2.75) is 13.5 Å². The van der Waals surface area contributed by atoms with Gasteiger partial charge in [0.25, 0.3) is 11.5 Å². The maximum Gasteiger partial charge on any atom is 0.271 e. The van der Waals surface area contributed by atoms with Gasteiger partial charge >= 0.3 is 0 Å². The van der Waals surface area contributed by atoms with Crippen LogP contribution in [0, 0.1) is 4.77 Å². The summed E-state index contributed by atoms with van der Waals surface area (Å²) in [6.07, 6.45) is 0. The van der Waals surface area contributed by atoms with Crippen LogP contribution >= 0.6 is 35.4 Å². The Hall–Kier alpha value is -2.81. The summed E-state index contributed by atoms with van der Waals surface area (Å²) in [7, 11) is 1.47. The van der Waals surface area contributed by atoms with Gasteiger partial charge in [-0.25, -0.2) is 0 Å². The summed E-state index contributed by atoms with van der Waals surface area (Å²) < 4.78 is 8.33. The third kappa shape index (κ3) is 4.35. The maximum absolute atomic E-state index is 12.9. The number of anilines is 1. The first-order chi connectivity index (χ1) is 14.2. The first kappa shape index (κ1) is 21.9. The molecule has 30 heavy (non-hydrogen) atoms. The van der Waals surface area contributed by atoms with Crippen LogP contribution in [0.2, 0.25) is 10.0 Å². The van der Waals surface area contributed by atoms with Crippen LogP contribution in [0.1, 0.15) is 17.3 Å². The lowest BCUT2D eigenvalue weighted by Gasteiger charge is -2.15. The van der Waals surface area contributed by atoms with Gasteiger partial charge in [-0.2, -0.15) is 0 Å². The molecule has 2 N–H and O–H groups in total. The lowest BCUT2D eigenvalue weighted by Crippen LogP contribution is -2.32. The van der Waals surface area contributed by atoms with Crippen molar-refractivity contribution < 1.29 is 14.6 Å². The van der Waals surface area contributed by atoms with Gasteiger partial charge in [-0.1, -0.05) is 23.2 Å². The minimum absolute atomic E-state index is 0.106. The molecule has 2 aromatic carbocycles. The summed E-state index contributed by atoms with van der Waals surface area (Å²) >= 11 is 17.1. The number of carbonyl (C=O) groups excluding carboxylic acids is 1. The highest BCUT2D eigenvalue weighted by Gasteiger charge is 2.22. The molecule has 156 valence electrons. The predicted octanol–water partition coefficient (Wildman–Crippen LogP) is 4.99. The van der Waals surface area contributed by atoms with E-state index in [0.717, 1.165) is 0 Å². The minimum Gasteiger partial charge on any atom is -0.494 e. The van der Waals surface area contributed by atoms with Gasteiger partial charge in [-0.3, -0.25) is 18.7 Å². The standard InChI is InChI=1S/C20H17Cl2N3O4S/c1-3-25-19(28)16(18(27)24(2)20(25)30)17(26)23-14-9-6-12(22)10-15(14)29-13-7-4-11(21)5-8-13/h4-10,27H,3H2,1-2H3,(H,23,26). The molecule has 3 aromatic rings. The summed E-state index contributed by atoms with van der Waals surface area (Å²) in [6.45, 7) is 1.96. The zero-order valence-corrected chi connectivity index (χ0v) is 18.3. The Balaban J connectivity index is 2.00. The average Bonchev–Trinajstić information content (AvgIpc) is 2.70. The quantitative estimate of drug-likeness (QED) is 0.518. The molecule has 3 rings (SSSR count). The molecular weight excluding hydrogens is 449 g/mol. The van der Waals surface area contributed by atoms with Crippen LogP contribution in [0.25, 0.3) is 0 Å². The molecule has 0 bridgehead atoms. The van der Waals surface area contributed by atoms with Gasteiger partial charge in [0, 0.05) is 29.7 Å². The number of hydrogen-bond acceptors (Lipinski definition) is 5. The average molecular weight is 466 g/mol. The van der Waals surface area contributed by atoms with Crippen molar-refractivity contribution in [1.29, 1.82) is 0 Å². The van der Waals surface area contributed by atoms with Crippen LogP contribution in [0.4, 0.5) is 5.69 Å². The molecule has 1 amide bonds. The van der Waals surface area contributed by atoms with Crippen molar-refractivity contribution in [3.8, 4) is 17.4 Å². The Morgan fingerprint density at radius 1 is 1.17 bits per heavy atom. The SMILES string of the molecule is CCn1c(=O)c(C(=O)Nc2ccc(Cl)cc2Oc2ccc(Cl)cc2)c(O)n(C)c1=S. The molecular formula is C20H17Cl2N3O4S. The monoisotopic (exact) mass is 465 g/mol. The minimum atomic E-state index is -0.812. The number of hydrogen-bond donors (Lipinski definition) is 2. The number of aromatic nitrogens is 2. The number of halogens is 2. The number of amides is 1. The van der Waals surface area contributed by atoms with Crippen LogP contribution in [0.5, 0.6) is 17.4 Å². The first-order valence-corrected chi connectivity index (χ1v) is 9.96. The van der Waals surface area contributed by atoms with Crippen LogP contribution in [0.15, 0.2) is 47.3 Å². The summed E-state index contributed by atoms with van der Waals surface area (Å²) in [4.78, 5) is 25.6. The van der Waals surface area contributed by atoms with E-state index in [9.17, 15) is 14.7 Å². The topological polar surface area (TPSA) is 85.5 Å². The van der Waals surface area contributed by atoms with E-state index in [1.54, 1.807) is 37.3 Å². The number of aromatic hydroxyl groups is 1. The second-order valence-electron chi connectivity index (χ2n) is 6.24. The molecule has 1 heterocycles. The second kappa shape index (κ2) is 8.91. The molecule has 7 nitrogen and oxygen atoms in total. The lowest BCUT2D eigenvalue weighted by atomic mass is 10.2. The van der Waals surface area contributed by atoms with Gasteiger partial charge < -0.3 is 15.2 Å². The number of ether oxygens (including phenoxy) is 1. The molecule has 0 spiro atoms. The molecule has 0 aliphatic heterocycles. The summed E-state index contributed by atoms with van der Waals surface area (Å²) in [5.41, 5.74) is -0.864. The van der Waals surface area contributed by atoms with Gasteiger partial charge in [0.2, 0.25) is 5.88 Å². The highest BCUT2D eigenvalue weighted by Crippen LogP contribution is 2.33. The third-order valence-corrected chi connectivity index (χ3v) is 5.28. The zero-order valence-electron chi connectivity index (χ0n) is 16.0. The van der Waals surface area contributed by atoms with Crippen molar-refractivity contribution >= 4 is 47.0 Å². The van der Waals surface area contributed by atoms with Crippen LogP contribution in [0.3, 0.4) is 0 Å².